The molecule has 1 rings (SSSR count). The first-order valence-electron chi connectivity index (χ1n) is 4.95. The number of ether oxygens (including phenoxy) is 1. The molecule has 0 radical (unpaired) electrons. The molecule has 0 fully saturated rings. The van der Waals surface area contributed by atoms with Crippen LogP contribution >= 0.6 is 0 Å². The average Bonchev–Trinajstić information content (AvgIpc) is 2.17. The van der Waals surface area contributed by atoms with Gasteiger partial charge in [-0.3, -0.25) is 0 Å². The number of rotatable bonds is 3. The summed E-state index contributed by atoms with van der Waals surface area (Å²) in [6.07, 6.45) is 0.931. The Kier molecular flexibility index (Phi) is 3.17. The topological polar surface area (TPSA) is 35.2 Å². The van der Waals surface area contributed by atoms with Gasteiger partial charge in [-0.25, -0.2) is 0 Å². The van der Waals surface area contributed by atoms with Crippen molar-refractivity contribution in [1.29, 1.82) is 0 Å². The van der Waals surface area contributed by atoms with Crippen LogP contribution in [0.5, 0.6) is 5.75 Å². The maximum absolute atomic E-state index is 6.19. The van der Waals surface area contributed by atoms with Crippen LogP contribution in [0.2, 0.25) is 0 Å². The summed E-state index contributed by atoms with van der Waals surface area (Å²) < 4.78 is 5.16. The van der Waals surface area contributed by atoms with Gasteiger partial charge < -0.3 is 10.5 Å². The van der Waals surface area contributed by atoms with Gasteiger partial charge >= 0.3 is 0 Å². The molecule has 0 saturated heterocycles. The molecule has 0 aliphatic heterocycles. The van der Waals surface area contributed by atoms with E-state index in [1.165, 1.54) is 11.1 Å². The average molecular weight is 193 g/mol. The van der Waals surface area contributed by atoms with Gasteiger partial charge in [-0.2, -0.15) is 0 Å². The van der Waals surface area contributed by atoms with E-state index in [0.29, 0.717) is 0 Å². The predicted octanol–water partition coefficient (Wildman–Crippen LogP) is 2.59. The van der Waals surface area contributed by atoms with Gasteiger partial charge in [-0.15, -0.1) is 0 Å². The predicted molar refractivity (Wildman–Crippen MR) is 59.6 cm³/mol. The summed E-state index contributed by atoms with van der Waals surface area (Å²) in [4.78, 5) is 0. The normalized spacial score (nSPS) is 14.9. The summed E-state index contributed by atoms with van der Waals surface area (Å²) in [5, 5.41) is 0. The third-order valence-electron chi connectivity index (χ3n) is 2.78. The number of aryl methyl sites for hydroxylation is 1. The molecular weight excluding hydrogens is 174 g/mol. The van der Waals surface area contributed by atoms with Crippen LogP contribution in [0.25, 0.3) is 0 Å². The lowest BCUT2D eigenvalue weighted by Crippen LogP contribution is -2.32. The van der Waals surface area contributed by atoms with E-state index in [-0.39, 0.29) is 5.54 Å². The SMILES string of the molecule is CCC(C)(N)c1ccc(OC)cc1C. The van der Waals surface area contributed by atoms with E-state index in [0.717, 1.165) is 12.2 Å². The molecule has 1 aromatic carbocycles. The van der Waals surface area contributed by atoms with Gasteiger partial charge in [-0.1, -0.05) is 13.0 Å². The first-order valence-corrected chi connectivity index (χ1v) is 4.95. The van der Waals surface area contributed by atoms with Crippen molar-refractivity contribution in [3.63, 3.8) is 0 Å². The summed E-state index contributed by atoms with van der Waals surface area (Å²) >= 11 is 0. The number of hydrogen-bond acceptors (Lipinski definition) is 2. The van der Waals surface area contributed by atoms with Crippen molar-refractivity contribution in [2.24, 2.45) is 5.73 Å². The second-order valence-corrected chi connectivity index (χ2v) is 3.95. The lowest BCUT2D eigenvalue weighted by Gasteiger charge is -2.25. The number of methoxy groups -OCH3 is 1. The van der Waals surface area contributed by atoms with Crippen LogP contribution in [0, 0.1) is 6.92 Å². The van der Waals surface area contributed by atoms with Crippen molar-refractivity contribution in [3.8, 4) is 5.75 Å². The van der Waals surface area contributed by atoms with Crippen molar-refractivity contribution in [1.82, 2.24) is 0 Å². The molecule has 0 aliphatic carbocycles. The molecule has 0 spiro atoms. The Labute approximate surface area is 86.1 Å². The monoisotopic (exact) mass is 193 g/mol. The Morgan fingerprint density at radius 3 is 2.50 bits per heavy atom. The minimum absolute atomic E-state index is 0.240. The molecule has 14 heavy (non-hydrogen) atoms. The fraction of sp³-hybridized carbons (Fsp3) is 0.500. The van der Waals surface area contributed by atoms with Crippen molar-refractivity contribution >= 4 is 0 Å². The lowest BCUT2D eigenvalue weighted by molar-refractivity contribution is 0.412. The molecule has 1 unspecified atom stereocenters. The smallest absolute Gasteiger partial charge is 0.119 e. The molecule has 1 aromatic rings. The van der Waals surface area contributed by atoms with Gasteiger partial charge in [0.15, 0.2) is 0 Å². The van der Waals surface area contributed by atoms with Crippen LogP contribution in [0.15, 0.2) is 18.2 Å². The van der Waals surface area contributed by atoms with Gasteiger partial charge in [0.1, 0.15) is 5.75 Å². The molecular formula is C12H19NO. The second kappa shape index (κ2) is 4.01. The van der Waals surface area contributed by atoms with E-state index in [2.05, 4.69) is 26.8 Å². The molecule has 78 valence electrons. The molecule has 0 amide bonds. The van der Waals surface area contributed by atoms with E-state index >= 15 is 0 Å². The molecule has 0 bridgehead atoms. The highest BCUT2D eigenvalue weighted by Crippen LogP contribution is 2.27. The highest BCUT2D eigenvalue weighted by Gasteiger charge is 2.20. The molecule has 0 heterocycles. The first-order chi connectivity index (χ1) is 6.51. The maximum Gasteiger partial charge on any atom is 0.119 e. The molecule has 2 N–H and O–H groups in total. The van der Waals surface area contributed by atoms with Crippen molar-refractivity contribution < 1.29 is 4.74 Å². The zero-order valence-electron chi connectivity index (χ0n) is 9.42. The van der Waals surface area contributed by atoms with Crippen molar-refractivity contribution in [3.05, 3.63) is 29.3 Å². The molecule has 0 saturated carbocycles. The number of nitrogens with two attached hydrogens (primary N) is 1. The minimum Gasteiger partial charge on any atom is -0.497 e. The Balaban J connectivity index is 3.12. The molecule has 0 aliphatic rings. The minimum atomic E-state index is -0.240. The largest absolute Gasteiger partial charge is 0.497 e. The van der Waals surface area contributed by atoms with E-state index in [4.69, 9.17) is 10.5 Å². The van der Waals surface area contributed by atoms with Crippen LogP contribution < -0.4 is 10.5 Å². The fourth-order valence-electron chi connectivity index (χ4n) is 1.59. The third kappa shape index (κ3) is 2.07. The van der Waals surface area contributed by atoms with Crippen LogP contribution in [-0.2, 0) is 5.54 Å². The van der Waals surface area contributed by atoms with E-state index < -0.39 is 0 Å². The van der Waals surface area contributed by atoms with E-state index in [9.17, 15) is 0 Å². The van der Waals surface area contributed by atoms with Gasteiger partial charge in [0.05, 0.1) is 7.11 Å². The Bertz CT molecular complexity index is 318. The Morgan fingerprint density at radius 2 is 2.07 bits per heavy atom. The molecule has 2 nitrogen and oxygen atoms in total. The zero-order chi connectivity index (χ0) is 10.8. The van der Waals surface area contributed by atoms with Crippen molar-refractivity contribution in [2.45, 2.75) is 32.7 Å². The number of benzene rings is 1. The summed E-state index contributed by atoms with van der Waals surface area (Å²) in [6.45, 7) is 6.23. The second-order valence-electron chi connectivity index (χ2n) is 3.95. The van der Waals surface area contributed by atoms with Crippen molar-refractivity contribution in [2.75, 3.05) is 7.11 Å². The first kappa shape index (κ1) is 11.1. The van der Waals surface area contributed by atoms with Gasteiger partial charge in [-0.05, 0) is 43.5 Å². The Morgan fingerprint density at radius 1 is 1.43 bits per heavy atom. The summed E-state index contributed by atoms with van der Waals surface area (Å²) in [6, 6.07) is 6.04. The fourth-order valence-corrected chi connectivity index (χ4v) is 1.59. The lowest BCUT2D eigenvalue weighted by atomic mass is 9.87. The van der Waals surface area contributed by atoms with Crippen LogP contribution in [0.4, 0.5) is 0 Å². The number of hydrogen-bond donors (Lipinski definition) is 1. The van der Waals surface area contributed by atoms with E-state index in [1.54, 1.807) is 7.11 Å². The molecule has 1 atom stereocenters. The molecule has 2 heteroatoms. The maximum atomic E-state index is 6.19. The Hall–Kier alpha value is -1.02. The highest BCUT2D eigenvalue weighted by atomic mass is 16.5. The van der Waals surface area contributed by atoms with Crippen LogP contribution in [0.1, 0.15) is 31.4 Å². The van der Waals surface area contributed by atoms with Gasteiger partial charge in [0.25, 0.3) is 0 Å². The highest BCUT2D eigenvalue weighted by molar-refractivity contribution is 5.38. The van der Waals surface area contributed by atoms with Crippen LogP contribution in [-0.4, -0.2) is 7.11 Å². The van der Waals surface area contributed by atoms with Gasteiger partial charge in [0.2, 0.25) is 0 Å². The quantitative estimate of drug-likeness (QED) is 0.800. The van der Waals surface area contributed by atoms with E-state index in [1.807, 2.05) is 12.1 Å². The zero-order valence-corrected chi connectivity index (χ0v) is 9.42. The summed E-state index contributed by atoms with van der Waals surface area (Å²) in [5.41, 5.74) is 8.34. The standard InChI is InChI=1S/C12H19NO/c1-5-12(3,13)11-7-6-10(14-4)8-9(11)2/h6-8H,5,13H2,1-4H3. The summed E-state index contributed by atoms with van der Waals surface area (Å²) in [7, 11) is 1.68. The molecule has 0 aromatic heterocycles. The van der Waals surface area contributed by atoms with Gasteiger partial charge in [0, 0.05) is 5.54 Å². The summed E-state index contributed by atoms with van der Waals surface area (Å²) in [5.74, 6) is 0.887. The third-order valence-corrected chi connectivity index (χ3v) is 2.78. The van der Waals surface area contributed by atoms with Crippen LogP contribution in [0.3, 0.4) is 0 Å².